The summed E-state index contributed by atoms with van der Waals surface area (Å²) in [4.78, 5) is 27.2. The minimum Gasteiger partial charge on any atom is -0.366 e. The number of rotatable bonds is 4. The molecule has 2 amide bonds. The quantitative estimate of drug-likeness (QED) is 0.754. The zero-order chi connectivity index (χ0) is 17.4. The Hall–Kier alpha value is -2.89. The molecule has 0 saturated heterocycles. The maximum Gasteiger partial charge on any atom is 0.256 e. The topological polar surface area (TPSA) is 88.0 Å². The van der Waals surface area contributed by atoms with E-state index in [4.69, 9.17) is 5.73 Å². The fourth-order valence-electron chi connectivity index (χ4n) is 3.12. The summed E-state index contributed by atoms with van der Waals surface area (Å²) in [6.07, 6.45) is 2.86. The molecule has 124 valence electrons. The molecular formula is C18H18FN3O2. The van der Waals surface area contributed by atoms with Crippen LogP contribution in [0.4, 0.5) is 10.1 Å². The minimum atomic E-state index is -0.494. The van der Waals surface area contributed by atoms with Crippen molar-refractivity contribution in [3.63, 3.8) is 0 Å². The monoisotopic (exact) mass is 327 g/mol. The van der Waals surface area contributed by atoms with Gasteiger partial charge >= 0.3 is 0 Å². The Morgan fingerprint density at radius 2 is 2.04 bits per heavy atom. The van der Waals surface area contributed by atoms with Gasteiger partial charge in [-0.15, -0.1) is 0 Å². The Morgan fingerprint density at radius 1 is 1.29 bits per heavy atom. The molecule has 0 bridgehead atoms. The lowest BCUT2D eigenvalue weighted by atomic mass is 10.0. The van der Waals surface area contributed by atoms with E-state index in [2.05, 4.69) is 10.3 Å². The number of carbonyl (C=O) groups is 2. The number of aromatic amines is 1. The molecule has 1 aliphatic rings. The van der Waals surface area contributed by atoms with Crippen LogP contribution < -0.4 is 11.1 Å². The van der Waals surface area contributed by atoms with Crippen molar-refractivity contribution in [2.75, 3.05) is 5.32 Å². The lowest BCUT2D eigenvalue weighted by molar-refractivity contribution is -0.110. The van der Waals surface area contributed by atoms with Crippen molar-refractivity contribution in [3.8, 4) is 0 Å². The number of nitrogens with one attached hydrogen (secondary N) is 2. The van der Waals surface area contributed by atoms with E-state index < -0.39 is 11.7 Å². The summed E-state index contributed by atoms with van der Waals surface area (Å²) in [5.74, 6) is -1.21. The molecule has 1 aromatic heterocycles. The normalized spacial score (nSPS) is 14.8. The second kappa shape index (κ2) is 5.96. The lowest BCUT2D eigenvalue weighted by Gasteiger charge is -2.01. The Bertz CT molecular complexity index is 881. The van der Waals surface area contributed by atoms with Gasteiger partial charge in [0.2, 0.25) is 0 Å². The molecule has 4 N–H and O–H groups in total. The molecule has 0 saturated carbocycles. The molecule has 3 rings (SSSR count). The van der Waals surface area contributed by atoms with Crippen molar-refractivity contribution in [3.05, 3.63) is 52.1 Å². The number of hydrogen-bond acceptors (Lipinski definition) is 2. The predicted octanol–water partition coefficient (Wildman–Crippen LogP) is 2.87. The molecule has 6 heteroatoms. The maximum absolute atomic E-state index is 13.5. The Kier molecular flexibility index (Phi) is 3.97. The van der Waals surface area contributed by atoms with Gasteiger partial charge in [0.05, 0.1) is 11.1 Å². The summed E-state index contributed by atoms with van der Waals surface area (Å²) in [6, 6.07) is 4.16. The summed E-state index contributed by atoms with van der Waals surface area (Å²) in [7, 11) is 0. The van der Waals surface area contributed by atoms with E-state index in [9.17, 15) is 14.0 Å². The number of H-pyrrole nitrogens is 1. The van der Waals surface area contributed by atoms with E-state index in [1.54, 1.807) is 6.08 Å². The summed E-state index contributed by atoms with van der Waals surface area (Å²) in [6.45, 7) is 3.83. The van der Waals surface area contributed by atoms with Gasteiger partial charge in [0.15, 0.2) is 0 Å². The van der Waals surface area contributed by atoms with E-state index in [-0.39, 0.29) is 5.91 Å². The molecule has 0 unspecified atom stereocenters. The molecule has 2 aromatic rings. The predicted molar refractivity (Wildman–Crippen MR) is 91.0 cm³/mol. The molecule has 0 spiro atoms. The molecule has 0 fully saturated rings. The number of primary amides is 1. The number of benzene rings is 1. The summed E-state index contributed by atoms with van der Waals surface area (Å²) < 4.78 is 13.5. The molecule has 0 aliphatic carbocycles. The van der Waals surface area contributed by atoms with Gasteiger partial charge in [-0.2, -0.15) is 0 Å². The number of anilines is 1. The second-order valence-corrected chi connectivity index (χ2v) is 5.64. The number of hydrogen-bond donors (Lipinski definition) is 3. The third kappa shape index (κ3) is 2.50. The third-order valence-corrected chi connectivity index (χ3v) is 4.22. The van der Waals surface area contributed by atoms with Gasteiger partial charge in [0.25, 0.3) is 11.8 Å². The Morgan fingerprint density at radius 3 is 2.67 bits per heavy atom. The van der Waals surface area contributed by atoms with Crippen LogP contribution in [0.5, 0.6) is 0 Å². The fourth-order valence-corrected chi connectivity index (χ4v) is 3.12. The highest BCUT2D eigenvalue weighted by atomic mass is 19.1. The van der Waals surface area contributed by atoms with Crippen LogP contribution in [-0.4, -0.2) is 16.8 Å². The highest BCUT2D eigenvalue weighted by molar-refractivity contribution is 6.34. The first-order chi connectivity index (χ1) is 11.5. The molecule has 0 atom stereocenters. The van der Waals surface area contributed by atoms with Gasteiger partial charge in [-0.25, -0.2) is 4.39 Å². The number of aromatic nitrogens is 1. The molecule has 24 heavy (non-hydrogen) atoms. The van der Waals surface area contributed by atoms with Gasteiger partial charge in [-0.05, 0) is 42.7 Å². The van der Waals surface area contributed by atoms with Gasteiger partial charge in [0.1, 0.15) is 5.82 Å². The van der Waals surface area contributed by atoms with Crippen LogP contribution in [0.1, 0.15) is 46.7 Å². The molecule has 1 aliphatic heterocycles. The lowest BCUT2D eigenvalue weighted by Crippen LogP contribution is -2.14. The smallest absolute Gasteiger partial charge is 0.256 e. The maximum atomic E-state index is 13.5. The standard InChI is InChI=1S/C18H18FN3O2/c1-3-10-15(21-13(4-2)16(10)17(20)23)8-12-11-7-9(19)5-6-14(11)22-18(12)24/h5-8,21H,3-4H2,1-2H3,(H2,20,23)(H,22,24). The molecular weight excluding hydrogens is 309 g/mol. The van der Waals surface area contributed by atoms with Crippen LogP contribution >= 0.6 is 0 Å². The second-order valence-electron chi connectivity index (χ2n) is 5.64. The first-order valence-corrected chi connectivity index (χ1v) is 7.82. The average molecular weight is 327 g/mol. The van der Waals surface area contributed by atoms with E-state index in [1.807, 2.05) is 13.8 Å². The van der Waals surface area contributed by atoms with Gasteiger partial charge < -0.3 is 16.0 Å². The van der Waals surface area contributed by atoms with Gasteiger partial charge in [-0.3, -0.25) is 9.59 Å². The minimum absolute atomic E-state index is 0.300. The van der Waals surface area contributed by atoms with Crippen LogP contribution in [-0.2, 0) is 17.6 Å². The van der Waals surface area contributed by atoms with Crippen LogP contribution in [0, 0.1) is 5.82 Å². The van der Waals surface area contributed by atoms with Gasteiger partial charge in [0, 0.05) is 22.6 Å². The van der Waals surface area contributed by atoms with Crippen LogP contribution in [0.15, 0.2) is 18.2 Å². The zero-order valence-corrected chi connectivity index (χ0v) is 13.5. The number of carbonyl (C=O) groups excluding carboxylic acids is 2. The third-order valence-electron chi connectivity index (χ3n) is 4.22. The summed E-state index contributed by atoms with van der Waals surface area (Å²) in [5.41, 5.74) is 9.59. The van der Waals surface area contributed by atoms with Crippen molar-refractivity contribution in [2.24, 2.45) is 5.73 Å². The summed E-state index contributed by atoms with van der Waals surface area (Å²) in [5, 5.41) is 2.71. The zero-order valence-electron chi connectivity index (χ0n) is 13.5. The van der Waals surface area contributed by atoms with Crippen molar-refractivity contribution in [1.29, 1.82) is 0 Å². The largest absolute Gasteiger partial charge is 0.366 e. The highest BCUT2D eigenvalue weighted by Crippen LogP contribution is 2.34. The van der Waals surface area contributed by atoms with Crippen molar-refractivity contribution in [1.82, 2.24) is 4.98 Å². The van der Waals surface area contributed by atoms with Crippen molar-refractivity contribution < 1.29 is 14.0 Å². The van der Waals surface area contributed by atoms with Crippen LogP contribution in [0.25, 0.3) is 11.6 Å². The average Bonchev–Trinajstić information content (AvgIpc) is 3.05. The molecule has 1 aromatic carbocycles. The van der Waals surface area contributed by atoms with Gasteiger partial charge in [-0.1, -0.05) is 13.8 Å². The fraction of sp³-hybridized carbons (Fsp3) is 0.222. The van der Waals surface area contributed by atoms with E-state index in [1.165, 1.54) is 18.2 Å². The van der Waals surface area contributed by atoms with Crippen molar-refractivity contribution in [2.45, 2.75) is 26.7 Å². The SMILES string of the molecule is CCc1[nH]c(C=C2C(=O)Nc3ccc(F)cc32)c(CC)c1C(N)=O. The number of aryl methyl sites for hydroxylation is 1. The molecule has 5 nitrogen and oxygen atoms in total. The number of halogens is 1. The highest BCUT2D eigenvalue weighted by Gasteiger charge is 2.26. The number of fused-ring (bicyclic) bond motifs is 1. The van der Waals surface area contributed by atoms with E-state index in [0.29, 0.717) is 40.9 Å². The van der Waals surface area contributed by atoms with E-state index in [0.717, 1.165) is 11.3 Å². The molecule has 0 radical (unpaired) electrons. The van der Waals surface area contributed by atoms with Crippen molar-refractivity contribution >= 4 is 29.2 Å². The van der Waals surface area contributed by atoms with Crippen LogP contribution in [0.3, 0.4) is 0 Å². The van der Waals surface area contributed by atoms with E-state index >= 15 is 0 Å². The first-order valence-electron chi connectivity index (χ1n) is 7.82. The summed E-state index contributed by atoms with van der Waals surface area (Å²) >= 11 is 0. The number of nitrogens with two attached hydrogens (primary N) is 1. The Labute approximate surface area is 138 Å². The number of amides is 2. The Balaban J connectivity index is 2.18. The molecule has 2 heterocycles. The van der Waals surface area contributed by atoms with Crippen LogP contribution in [0.2, 0.25) is 0 Å². The first kappa shape index (κ1) is 16.0.